The molecule has 21 heavy (non-hydrogen) atoms. The zero-order chi connectivity index (χ0) is 15.7. The molecule has 0 aliphatic carbocycles. The van der Waals surface area contributed by atoms with Gasteiger partial charge in [-0.2, -0.15) is 4.31 Å². The first kappa shape index (κ1) is 18.3. The highest BCUT2D eigenvalue weighted by Gasteiger charge is 2.21. The van der Waals surface area contributed by atoms with Crippen molar-refractivity contribution in [2.24, 2.45) is 0 Å². The molecule has 8 heteroatoms. The molecule has 0 unspecified atom stereocenters. The van der Waals surface area contributed by atoms with Crippen molar-refractivity contribution in [1.82, 2.24) is 14.5 Å². The van der Waals surface area contributed by atoms with Crippen LogP contribution in [0.25, 0.3) is 0 Å². The van der Waals surface area contributed by atoms with Gasteiger partial charge < -0.3 is 10.1 Å². The van der Waals surface area contributed by atoms with E-state index in [1.54, 1.807) is 0 Å². The summed E-state index contributed by atoms with van der Waals surface area (Å²) in [4.78, 5) is 13.9. The maximum atomic E-state index is 11.8. The van der Waals surface area contributed by atoms with Crippen LogP contribution in [0.4, 0.5) is 0 Å². The van der Waals surface area contributed by atoms with Crippen LogP contribution in [0.3, 0.4) is 0 Å². The van der Waals surface area contributed by atoms with Gasteiger partial charge in [-0.25, -0.2) is 8.42 Å². The van der Waals surface area contributed by atoms with Crippen LogP contribution in [0.2, 0.25) is 0 Å². The number of hydrogen-bond acceptors (Lipinski definition) is 5. The van der Waals surface area contributed by atoms with Crippen molar-refractivity contribution in [3.05, 3.63) is 0 Å². The highest BCUT2D eigenvalue weighted by Crippen LogP contribution is 2.01. The van der Waals surface area contributed by atoms with Gasteiger partial charge in [0.15, 0.2) is 0 Å². The Bertz CT molecular complexity index is 408. The number of amides is 1. The van der Waals surface area contributed by atoms with Gasteiger partial charge >= 0.3 is 0 Å². The molecule has 0 spiro atoms. The minimum Gasteiger partial charge on any atom is -0.379 e. The summed E-state index contributed by atoms with van der Waals surface area (Å²) in [6.45, 7) is 6.45. The van der Waals surface area contributed by atoms with Gasteiger partial charge in [-0.15, -0.1) is 0 Å². The number of nitrogens with one attached hydrogen (secondary N) is 1. The molecular weight excluding hydrogens is 294 g/mol. The summed E-state index contributed by atoms with van der Waals surface area (Å²) in [6.07, 6.45) is 3.04. The van der Waals surface area contributed by atoms with Crippen LogP contribution in [-0.2, 0) is 19.6 Å². The number of hydrogen-bond donors (Lipinski definition) is 1. The molecule has 0 aromatic rings. The average molecular weight is 321 g/mol. The van der Waals surface area contributed by atoms with Crippen molar-refractivity contribution in [2.75, 3.05) is 58.7 Å². The molecule has 124 valence electrons. The van der Waals surface area contributed by atoms with Crippen molar-refractivity contribution >= 4 is 15.9 Å². The van der Waals surface area contributed by atoms with Gasteiger partial charge in [-0.1, -0.05) is 13.3 Å². The molecule has 7 nitrogen and oxygen atoms in total. The summed E-state index contributed by atoms with van der Waals surface area (Å²) >= 11 is 0. The molecule has 0 atom stereocenters. The highest BCUT2D eigenvalue weighted by atomic mass is 32.2. The Morgan fingerprint density at radius 3 is 2.57 bits per heavy atom. The number of rotatable bonds is 9. The van der Waals surface area contributed by atoms with Gasteiger partial charge in [0.1, 0.15) is 0 Å². The van der Waals surface area contributed by atoms with Crippen LogP contribution >= 0.6 is 0 Å². The lowest BCUT2D eigenvalue weighted by Gasteiger charge is -2.29. The lowest BCUT2D eigenvalue weighted by molar-refractivity contribution is -0.121. The van der Waals surface area contributed by atoms with Crippen molar-refractivity contribution in [3.63, 3.8) is 0 Å². The number of carbonyl (C=O) groups excluding carboxylic acids is 1. The Balaban J connectivity index is 2.42. The average Bonchev–Trinajstić information content (AvgIpc) is 2.43. The molecule has 0 radical (unpaired) electrons. The fourth-order valence-corrected chi connectivity index (χ4v) is 2.83. The molecule has 1 N–H and O–H groups in total. The van der Waals surface area contributed by atoms with E-state index in [4.69, 9.17) is 4.74 Å². The molecule has 1 saturated heterocycles. The normalized spacial score (nSPS) is 17.1. The number of unbranched alkanes of at least 4 members (excludes halogenated alkanes) is 1. The first-order valence-electron chi connectivity index (χ1n) is 7.45. The van der Waals surface area contributed by atoms with Gasteiger partial charge in [0.2, 0.25) is 15.9 Å². The summed E-state index contributed by atoms with van der Waals surface area (Å²) in [6, 6.07) is 0. The fourth-order valence-electron chi connectivity index (χ4n) is 2.06. The van der Waals surface area contributed by atoms with Crippen LogP contribution < -0.4 is 5.32 Å². The maximum absolute atomic E-state index is 11.8. The second-order valence-electron chi connectivity index (χ2n) is 5.25. The molecule has 1 heterocycles. The maximum Gasteiger partial charge on any atom is 0.235 e. The van der Waals surface area contributed by atoms with Crippen molar-refractivity contribution in [1.29, 1.82) is 0 Å². The second kappa shape index (κ2) is 9.34. The molecule has 0 bridgehead atoms. The third-order valence-corrected chi connectivity index (χ3v) is 4.66. The van der Waals surface area contributed by atoms with Crippen LogP contribution in [-0.4, -0.2) is 82.3 Å². The summed E-state index contributed by atoms with van der Waals surface area (Å²) in [5.41, 5.74) is 0. The van der Waals surface area contributed by atoms with Crippen LogP contribution in [0.5, 0.6) is 0 Å². The molecule has 0 saturated carbocycles. The summed E-state index contributed by atoms with van der Waals surface area (Å²) < 4.78 is 30.0. The Morgan fingerprint density at radius 1 is 1.33 bits per heavy atom. The highest BCUT2D eigenvalue weighted by molar-refractivity contribution is 7.88. The molecule has 0 aromatic carbocycles. The van der Waals surface area contributed by atoms with Crippen LogP contribution in [0, 0.1) is 0 Å². The van der Waals surface area contributed by atoms with E-state index in [0.29, 0.717) is 32.8 Å². The lowest BCUT2D eigenvalue weighted by Crippen LogP contribution is -2.46. The number of nitrogens with zero attached hydrogens (tertiary/aromatic N) is 2. The van der Waals surface area contributed by atoms with Crippen molar-refractivity contribution < 1.29 is 17.9 Å². The molecule has 1 aliphatic rings. The first-order chi connectivity index (χ1) is 9.93. The van der Waals surface area contributed by atoms with E-state index < -0.39 is 10.0 Å². The van der Waals surface area contributed by atoms with Gasteiger partial charge in [0.05, 0.1) is 26.0 Å². The summed E-state index contributed by atoms with van der Waals surface area (Å²) in [5.74, 6) is -0.240. The molecule has 1 amide bonds. The Kier molecular flexibility index (Phi) is 8.16. The summed E-state index contributed by atoms with van der Waals surface area (Å²) in [5, 5.41) is 2.75. The quantitative estimate of drug-likeness (QED) is 0.579. The third kappa shape index (κ3) is 7.75. The van der Waals surface area contributed by atoms with Gasteiger partial charge in [0, 0.05) is 32.7 Å². The minimum atomic E-state index is -3.38. The number of ether oxygens (including phenoxy) is 1. The van der Waals surface area contributed by atoms with Crippen molar-refractivity contribution in [2.45, 2.75) is 19.8 Å². The fraction of sp³-hybridized carbons (Fsp3) is 0.923. The molecule has 0 aromatic heterocycles. The minimum absolute atomic E-state index is 0.104. The van der Waals surface area contributed by atoms with E-state index in [1.807, 2.05) is 6.92 Å². The van der Waals surface area contributed by atoms with Gasteiger partial charge in [-0.05, 0) is 6.42 Å². The van der Waals surface area contributed by atoms with E-state index in [9.17, 15) is 13.2 Å². The predicted molar refractivity (Wildman–Crippen MR) is 81.6 cm³/mol. The van der Waals surface area contributed by atoms with Gasteiger partial charge in [0.25, 0.3) is 0 Å². The third-order valence-electron chi connectivity index (χ3n) is 3.41. The zero-order valence-corrected chi connectivity index (χ0v) is 13.8. The first-order valence-corrected chi connectivity index (χ1v) is 9.30. The summed E-state index contributed by atoms with van der Waals surface area (Å²) in [7, 11) is -3.38. The van der Waals surface area contributed by atoms with E-state index in [-0.39, 0.29) is 12.5 Å². The Morgan fingerprint density at radius 2 is 2.00 bits per heavy atom. The largest absolute Gasteiger partial charge is 0.379 e. The van der Waals surface area contributed by atoms with E-state index in [0.717, 1.165) is 32.2 Å². The molecule has 1 rings (SSSR count). The molecule has 1 fully saturated rings. The Labute approximate surface area is 127 Å². The predicted octanol–water partition coefficient (Wildman–Crippen LogP) is -0.503. The van der Waals surface area contributed by atoms with Crippen LogP contribution in [0.1, 0.15) is 19.8 Å². The lowest BCUT2D eigenvalue weighted by atomic mass is 10.3. The van der Waals surface area contributed by atoms with E-state index in [2.05, 4.69) is 10.2 Å². The van der Waals surface area contributed by atoms with E-state index in [1.165, 1.54) is 4.31 Å². The monoisotopic (exact) mass is 321 g/mol. The second-order valence-corrected chi connectivity index (χ2v) is 7.24. The number of carbonyl (C=O) groups is 1. The smallest absolute Gasteiger partial charge is 0.235 e. The molecular formula is C13H27N3O4S. The van der Waals surface area contributed by atoms with Crippen molar-refractivity contribution in [3.8, 4) is 0 Å². The number of morpholine rings is 1. The topological polar surface area (TPSA) is 79.0 Å². The zero-order valence-electron chi connectivity index (χ0n) is 13.0. The molecule has 1 aliphatic heterocycles. The number of sulfonamides is 1. The van der Waals surface area contributed by atoms with Gasteiger partial charge in [-0.3, -0.25) is 9.69 Å². The standard InChI is InChI=1S/C13H27N3O4S/c1-3-4-5-14-13(17)12-16(21(2,18)19)7-6-15-8-10-20-11-9-15/h3-12H2,1-2H3,(H,14,17). The Hall–Kier alpha value is -0.700. The van der Waals surface area contributed by atoms with E-state index >= 15 is 0 Å². The SMILES string of the molecule is CCCCNC(=O)CN(CCN1CCOCC1)S(C)(=O)=O. The van der Waals surface area contributed by atoms with Crippen LogP contribution in [0.15, 0.2) is 0 Å².